The summed E-state index contributed by atoms with van der Waals surface area (Å²) in [7, 11) is 0. The van der Waals surface area contributed by atoms with E-state index in [-0.39, 0.29) is 12.3 Å². The molecule has 0 aromatic carbocycles. The van der Waals surface area contributed by atoms with Crippen molar-refractivity contribution < 1.29 is 0 Å². The van der Waals surface area contributed by atoms with Gasteiger partial charge in [-0.25, -0.2) is 5.26 Å². The van der Waals surface area contributed by atoms with Gasteiger partial charge >= 0.3 is 0 Å². The fraction of sp³-hybridized carbons (Fsp3) is 0.333. The van der Waals surface area contributed by atoms with Crippen molar-refractivity contribution in [2.45, 2.75) is 19.1 Å². The Balaban J connectivity index is 2.38. The molecule has 2 heterocycles. The number of rotatable bonds is 0. The third kappa shape index (κ3) is 1.50. The monoisotopic (exact) mass is 172 g/mol. The number of nitriles is 1. The van der Waals surface area contributed by atoms with Gasteiger partial charge in [0, 0.05) is 17.7 Å². The van der Waals surface area contributed by atoms with Crippen LogP contribution in [-0.2, 0) is 12.7 Å². The molecule has 1 aromatic heterocycles. The molecule has 0 unspecified atom stereocenters. The third-order valence-corrected chi connectivity index (χ3v) is 2.49. The first kappa shape index (κ1) is 8.12. The minimum Gasteiger partial charge on any atom is -0.326 e. The molecule has 1 aromatic rings. The molecule has 4 heteroatoms. The summed E-state index contributed by atoms with van der Waals surface area (Å²) in [4.78, 5) is 13.8. The van der Waals surface area contributed by atoms with Gasteiger partial charge in [0.25, 0.3) is 6.71 Å². The predicted octanol–water partition coefficient (Wildman–Crippen LogP) is 0.570. The molecule has 13 heavy (non-hydrogen) atoms. The molecular weight excluding hydrogens is 163 g/mol. The Bertz CT molecular complexity index is 418. The second-order valence-corrected chi connectivity index (χ2v) is 3.40. The van der Waals surface area contributed by atoms with Gasteiger partial charge in [0.05, 0.1) is 0 Å². The van der Waals surface area contributed by atoms with Gasteiger partial charge < -0.3 is 4.98 Å². The van der Waals surface area contributed by atoms with Gasteiger partial charge in [-0.1, -0.05) is 12.4 Å². The minimum absolute atomic E-state index is 0.0471. The number of hydrogen-bond acceptors (Lipinski definition) is 2. The van der Waals surface area contributed by atoms with E-state index in [2.05, 4.69) is 11.0 Å². The number of nitrogens with one attached hydrogen (secondary N) is 1. The summed E-state index contributed by atoms with van der Waals surface area (Å²) in [5.41, 5.74) is 2.09. The molecule has 0 spiro atoms. The smallest absolute Gasteiger partial charge is 0.272 e. The molecule has 1 aliphatic rings. The zero-order valence-electron chi connectivity index (χ0n) is 7.21. The van der Waals surface area contributed by atoms with E-state index in [0.29, 0.717) is 0 Å². The minimum atomic E-state index is -0.0471. The fourth-order valence-electron chi connectivity index (χ4n) is 1.76. The number of hydrogen-bond donors (Lipinski definition) is 1. The van der Waals surface area contributed by atoms with Crippen molar-refractivity contribution in [2.24, 2.45) is 0 Å². The van der Waals surface area contributed by atoms with Crippen LogP contribution in [0, 0.1) is 11.2 Å². The number of aromatic nitrogens is 1. The molecular formula is C9H9BN2O. The number of fused-ring (bicyclic) bond motifs is 1. The number of aryl methyl sites for hydroxylation is 1. The Morgan fingerprint density at radius 1 is 1.54 bits per heavy atom. The lowest BCUT2D eigenvalue weighted by Crippen LogP contribution is -2.24. The molecule has 0 radical (unpaired) electrons. The average Bonchev–Trinajstić information content (AvgIpc) is 2.17. The summed E-state index contributed by atoms with van der Waals surface area (Å²) < 4.78 is 0. The van der Waals surface area contributed by atoms with Crippen LogP contribution in [0.1, 0.15) is 11.3 Å². The molecule has 0 saturated heterocycles. The van der Waals surface area contributed by atoms with Crippen molar-refractivity contribution >= 4 is 6.71 Å². The molecule has 1 N–H and O–H groups in total. The molecule has 3 nitrogen and oxygen atoms in total. The first-order chi connectivity index (χ1) is 6.29. The summed E-state index contributed by atoms with van der Waals surface area (Å²) in [5, 5.41) is 8.75. The normalized spacial score (nSPS) is 14.8. The van der Waals surface area contributed by atoms with Crippen LogP contribution < -0.4 is 5.56 Å². The zero-order chi connectivity index (χ0) is 9.26. The van der Waals surface area contributed by atoms with Crippen LogP contribution in [0.3, 0.4) is 0 Å². The van der Waals surface area contributed by atoms with Crippen LogP contribution in [0.4, 0.5) is 0 Å². The largest absolute Gasteiger partial charge is 0.326 e. The van der Waals surface area contributed by atoms with Crippen molar-refractivity contribution in [3.63, 3.8) is 0 Å². The number of H-pyrrole nitrogens is 1. The maximum absolute atomic E-state index is 11.0. The SMILES string of the molecule is N#CB1CCc2[nH]c(=O)ccc2C1. The van der Waals surface area contributed by atoms with Crippen LogP contribution in [0.2, 0.25) is 6.32 Å². The van der Waals surface area contributed by atoms with Crippen LogP contribution in [0.5, 0.6) is 0 Å². The zero-order valence-corrected chi connectivity index (χ0v) is 7.21. The predicted molar refractivity (Wildman–Crippen MR) is 50.6 cm³/mol. The molecule has 0 atom stereocenters. The van der Waals surface area contributed by atoms with Crippen molar-refractivity contribution in [3.05, 3.63) is 33.7 Å². The molecule has 0 aliphatic carbocycles. The second-order valence-electron chi connectivity index (χ2n) is 3.40. The third-order valence-electron chi connectivity index (χ3n) is 2.49. The van der Waals surface area contributed by atoms with Crippen LogP contribution in [0.15, 0.2) is 16.9 Å². The van der Waals surface area contributed by atoms with E-state index < -0.39 is 0 Å². The summed E-state index contributed by atoms with van der Waals surface area (Å²) in [6.45, 7) is 0.124. The van der Waals surface area contributed by atoms with E-state index >= 15 is 0 Å². The average molecular weight is 172 g/mol. The highest BCUT2D eigenvalue weighted by Crippen LogP contribution is 2.17. The van der Waals surface area contributed by atoms with Crippen LogP contribution in [-0.4, -0.2) is 11.7 Å². The molecule has 64 valence electrons. The second kappa shape index (κ2) is 3.10. The Labute approximate surface area is 76.5 Å². The molecule has 1 aliphatic heterocycles. The van der Waals surface area contributed by atoms with Gasteiger partial charge in [-0.15, -0.1) is 0 Å². The van der Waals surface area contributed by atoms with Gasteiger partial charge in [-0.3, -0.25) is 4.79 Å². The van der Waals surface area contributed by atoms with Crippen molar-refractivity contribution in [2.75, 3.05) is 0 Å². The van der Waals surface area contributed by atoms with Gasteiger partial charge in [-0.05, 0) is 18.3 Å². The summed E-state index contributed by atoms with van der Waals surface area (Å²) in [5.74, 6) is 2.27. The molecule has 0 amide bonds. The van der Waals surface area contributed by atoms with E-state index in [1.165, 1.54) is 6.07 Å². The lowest BCUT2D eigenvalue weighted by atomic mass is 9.42. The standard InChI is InChI=1S/C9H9BN2O/c11-6-10-4-3-8-7(5-10)1-2-9(13)12-8/h1-2H,3-5H2,(H,12,13). The van der Waals surface area contributed by atoms with E-state index in [4.69, 9.17) is 5.26 Å². The first-order valence-electron chi connectivity index (χ1n) is 4.40. The van der Waals surface area contributed by atoms with E-state index in [0.717, 1.165) is 30.3 Å². The lowest BCUT2D eigenvalue weighted by molar-refractivity contribution is 0.936. The fourth-order valence-corrected chi connectivity index (χ4v) is 1.76. The van der Waals surface area contributed by atoms with Gasteiger partial charge in [0.15, 0.2) is 0 Å². The number of nitrogens with zero attached hydrogens (tertiary/aromatic N) is 1. The quantitative estimate of drug-likeness (QED) is 0.581. The van der Waals surface area contributed by atoms with Crippen LogP contribution in [0.25, 0.3) is 0 Å². The number of pyridine rings is 1. The maximum atomic E-state index is 11.0. The Kier molecular flexibility index (Phi) is 1.93. The molecule has 0 bridgehead atoms. The summed E-state index contributed by atoms with van der Waals surface area (Å²) >= 11 is 0. The summed E-state index contributed by atoms with van der Waals surface area (Å²) in [6, 6.07) is 3.36. The van der Waals surface area contributed by atoms with Crippen molar-refractivity contribution in [1.82, 2.24) is 4.98 Å². The van der Waals surface area contributed by atoms with Crippen LogP contribution >= 0.6 is 0 Å². The van der Waals surface area contributed by atoms with Gasteiger partial charge in [0.1, 0.15) is 0 Å². The first-order valence-corrected chi connectivity index (χ1v) is 4.40. The Morgan fingerprint density at radius 2 is 2.38 bits per heavy atom. The highest BCUT2D eigenvalue weighted by Gasteiger charge is 2.22. The van der Waals surface area contributed by atoms with Crippen molar-refractivity contribution in [3.8, 4) is 5.97 Å². The topological polar surface area (TPSA) is 56.6 Å². The Hall–Kier alpha value is -1.50. The van der Waals surface area contributed by atoms with E-state index in [9.17, 15) is 4.79 Å². The molecule has 0 fully saturated rings. The van der Waals surface area contributed by atoms with Gasteiger partial charge in [0.2, 0.25) is 5.56 Å². The highest BCUT2D eigenvalue weighted by atomic mass is 16.1. The Morgan fingerprint density at radius 3 is 3.15 bits per heavy atom. The molecule has 2 rings (SSSR count). The van der Waals surface area contributed by atoms with E-state index in [1.807, 2.05) is 6.07 Å². The van der Waals surface area contributed by atoms with Gasteiger partial charge in [-0.2, -0.15) is 0 Å². The van der Waals surface area contributed by atoms with Crippen molar-refractivity contribution in [1.29, 1.82) is 5.26 Å². The molecule has 0 saturated carbocycles. The lowest BCUT2D eigenvalue weighted by Gasteiger charge is -2.16. The highest BCUT2D eigenvalue weighted by molar-refractivity contribution is 6.66. The number of aromatic amines is 1. The maximum Gasteiger partial charge on any atom is 0.272 e. The van der Waals surface area contributed by atoms with E-state index in [1.54, 1.807) is 0 Å². The summed E-state index contributed by atoms with van der Waals surface area (Å²) in [6.07, 6.45) is 2.47.